The summed E-state index contributed by atoms with van der Waals surface area (Å²) in [6.07, 6.45) is 10.7. The molecule has 0 aromatic heterocycles. The molecule has 46 heavy (non-hydrogen) atoms. The molecule has 7 unspecified atom stereocenters. The van der Waals surface area contributed by atoms with Crippen LogP contribution >= 0.6 is 0 Å². The molecule has 0 aromatic rings. The molecule has 0 saturated heterocycles. The molecule has 0 bridgehead atoms. The first kappa shape index (κ1) is 34.5. The molecular formula is C38H63NO7. The van der Waals surface area contributed by atoms with Crippen molar-refractivity contribution in [3.05, 3.63) is 0 Å². The van der Waals surface area contributed by atoms with E-state index in [9.17, 15) is 19.8 Å². The molecule has 262 valence electrons. The van der Waals surface area contributed by atoms with E-state index in [0.29, 0.717) is 24.2 Å². The fourth-order valence-corrected chi connectivity index (χ4v) is 13.1. The summed E-state index contributed by atoms with van der Waals surface area (Å²) in [6, 6.07) is 0.284. The standard InChI is InChI=1S/C38H63NO7/c1-22(19-26(44-9)31(34(5,6)43)45-23(2)40)25-20-29(41)36(8)28-14-13-27-33(3,4)30(46-32(42)39-24-11-10-12-24)15-16-37(27)21-38(28,37)18-17-35(25,36)7/h22,24-31,41,43H,10-21H2,1-9H3,(H,39,42)/t22-,25-,26?,27+,28?,29+,30?,31?,35?,36-,37?,38?/m1/s1. The fraction of sp³-hybridized carbons (Fsp3) is 0.947. The zero-order valence-corrected chi connectivity index (χ0v) is 30.1. The molecule has 0 aliphatic heterocycles. The molecule has 0 radical (unpaired) electrons. The molecular weight excluding hydrogens is 582 g/mol. The Morgan fingerprint density at radius 2 is 1.63 bits per heavy atom. The topological polar surface area (TPSA) is 114 Å². The molecule has 1 amide bonds. The van der Waals surface area contributed by atoms with Gasteiger partial charge in [-0.2, -0.15) is 0 Å². The Labute approximate surface area is 277 Å². The smallest absolute Gasteiger partial charge is 0.407 e. The molecule has 3 N–H and O–H groups in total. The highest BCUT2D eigenvalue weighted by atomic mass is 16.6. The largest absolute Gasteiger partial charge is 0.457 e. The third kappa shape index (κ3) is 4.91. The van der Waals surface area contributed by atoms with Gasteiger partial charge in [0.05, 0.1) is 17.8 Å². The molecule has 6 aliphatic rings. The number of methoxy groups -OCH3 is 1. The van der Waals surface area contributed by atoms with Crippen molar-refractivity contribution in [1.29, 1.82) is 0 Å². The third-order valence-electron chi connectivity index (χ3n) is 15.8. The SMILES string of the molecule is COC(C[C@@H](C)[C@H]1C[C@H](O)[C@@]2(C)C3CC[C@H]4C(C)(C)C(OC(=O)NC5CCC5)CCC45CC35CCC12C)C(OC(C)=O)C(C)(C)O. The predicted molar refractivity (Wildman–Crippen MR) is 176 cm³/mol. The lowest BCUT2D eigenvalue weighted by atomic mass is 9.41. The van der Waals surface area contributed by atoms with Crippen molar-refractivity contribution < 1.29 is 34.0 Å². The number of rotatable bonds is 9. The van der Waals surface area contributed by atoms with Crippen LogP contribution in [0.2, 0.25) is 0 Å². The number of hydrogen-bond donors (Lipinski definition) is 3. The summed E-state index contributed by atoms with van der Waals surface area (Å²) in [5, 5.41) is 26.1. The van der Waals surface area contributed by atoms with Crippen LogP contribution < -0.4 is 5.32 Å². The minimum absolute atomic E-state index is 0.0300. The van der Waals surface area contributed by atoms with Gasteiger partial charge < -0.3 is 29.7 Å². The summed E-state index contributed by atoms with van der Waals surface area (Å²) >= 11 is 0. The van der Waals surface area contributed by atoms with E-state index in [1.165, 1.54) is 26.2 Å². The van der Waals surface area contributed by atoms with Crippen LogP contribution in [0.25, 0.3) is 0 Å². The van der Waals surface area contributed by atoms with Gasteiger partial charge in [-0.15, -0.1) is 0 Å². The van der Waals surface area contributed by atoms with Crippen molar-refractivity contribution in [3.63, 3.8) is 0 Å². The first-order valence-electron chi connectivity index (χ1n) is 18.4. The predicted octanol–water partition coefficient (Wildman–Crippen LogP) is 6.79. The molecule has 12 atom stereocenters. The van der Waals surface area contributed by atoms with Crippen molar-refractivity contribution in [2.75, 3.05) is 7.11 Å². The van der Waals surface area contributed by atoms with Crippen LogP contribution in [0.1, 0.15) is 132 Å². The van der Waals surface area contributed by atoms with Gasteiger partial charge in [0.1, 0.15) is 6.10 Å². The number of aliphatic hydroxyl groups is 2. The highest BCUT2D eigenvalue weighted by molar-refractivity contribution is 5.68. The van der Waals surface area contributed by atoms with Gasteiger partial charge in [0.2, 0.25) is 0 Å². The van der Waals surface area contributed by atoms with Crippen molar-refractivity contribution in [2.45, 2.75) is 168 Å². The number of ether oxygens (including phenoxy) is 3. The quantitative estimate of drug-likeness (QED) is 0.237. The number of alkyl carbamates (subject to hydrolysis) is 1. The molecule has 8 nitrogen and oxygen atoms in total. The monoisotopic (exact) mass is 645 g/mol. The molecule has 8 heteroatoms. The maximum absolute atomic E-state index is 12.8. The summed E-state index contributed by atoms with van der Waals surface area (Å²) in [5.74, 6) is 1.08. The fourth-order valence-electron chi connectivity index (χ4n) is 13.1. The lowest BCUT2D eigenvalue weighted by Gasteiger charge is -2.64. The van der Waals surface area contributed by atoms with E-state index in [-0.39, 0.29) is 57.3 Å². The summed E-state index contributed by atoms with van der Waals surface area (Å²) in [7, 11) is 1.63. The van der Waals surface area contributed by atoms with Crippen molar-refractivity contribution in [1.82, 2.24) is 5.32 Å². The Hall–Kier alpha value is -1.38. The van der Waals surface area contributed by atoms with Crippen LogP contribution in [0.4, 0.5) is 4.79 Å². The van der Waals surface area contributed by atoms with Crippen LogP contribution in [0, 0.1) is 50.7 Å². The molecule has 0 aromatic carbocycles. The highest BCUT2D eigenvalue weighted by Crippen LogP contribution is 2.89. The lowest BCUT2D eigenvalue weighted by Crippen LogP contribution is -2.60. The second-order valence-electron chi connectivity index (χ2n) is 18.4. The number of aliphatic hydroxyl groups excluding tert-OH is 1. The normalized spacial score (nSPS) is 44.6. The average molecular weight is 646 g/mol. The van der Waals surface area contributed by atoms with Crippen LogP contribution in [0.15, 0.2) is 0 Å². The zero-order valence-electron chi connectivity index (χ0n) is 30.1. The Bertz CT molecular complexity index is 1190. The summed E-state index contributed by atoms with van der Waals surface area (Å²) in [5.41, 5.74) is -0.998. The maximum Gasteiger partial charge on any atom is 0.407 e. The second kappa shape index (κ2) is 11.3. The van der Waals surface area contributed by atoms with E-state index < -0.39 is 23.8 Å². The van der Waals surface area contributed by atoms with E-state index in [1.807, 2.05) is 0 Å². The van der Waals surface area contributed by atoms with Gasteiger partial charge in [-0.3, -0.25) is 4.79 Å². The summed E-state index contributed by atoms with van der Waals surface area (Å²) < 4.78 is 17.7. The Kier molecular flexibility index (Phi) is 8.49. The third-order valence-corrected chi connectivity index (χ3v) is 15.8. The number of carbonyl (C=O) groups excluding carboxylic acids is 2. The number of nitrogens with one attached hydrogen (secondary N) is 1. The Balaban J connectivity index is 1.20. The van der Waals surface area contributed by atoms with Crippen molar-refractivity contribution in [3.8, 4) is 0 Å². The summed E-state index contributed by atoms with van der Waals surface area (Å²) in [4.78, 5) is 24.8. The van der Waals surface area contributed by atoms with Gasteiger partial charge in [0.15, 0.2) is 6.10 Å². The molecule has 6 aliphatic carbocycles. The minimum Gasteiger partial charge on any atom is -0.457 e. The van der Waals surface area contributed by atoms with Crippen molar-refractivity contribution >= 4 is 12.1 Å². The van der Waals surface area contributed by atoms with Gasteiger partial charge in [0, 0.05) is 30.9 Å². The summed E-state index contributed by atoms with van der Waals surface area (Å²) in [6.45, 7) is 16.6. The number of amides is 1. The van der Waals surface area contributed by atoms with Crippen LogP contribution in [0.5, 0.6) is 0 Å². The molecule has 6 saturated carbocycles. The maximum atomic E-state index is 12.8. The van der Waals surface area contributed by atoms with Gasteiger partial charge in [-0.05, 0) is 131 Å². The number of carbonyl (C=O) groups is 2. The number of hydrogen-bond acceptors (Lipinski definition) is 7. The first-order chi connectivity index (χ1) is 21.4. The minimum atomic E-state index is -1.24. The van der Waals surface area contributed by atoms with Crippen molar-refractivity contribution in [2.24, 2.45) is 50.7 Å². The van der Waals surface area contributed by atoms with Crippen LogP contribution in [0.3, 0.4) is 0 Å². The van der Waals surface area contributed by atoms with E-state index in [1.54, 1.807) is 21.0 Å². The van der Waals surface area contributed by atoms with Gasteiger partial charge in [-0.1, -0.05) is 34.6 Å². The molecule has 2 spiro atoms. The van der Waals surface area contributed by atoms with Crippen LogP contribution in [-0.2, 0) is 19.0 Å². The Morgan fingerprint density at radius 1 is 0.978 bits per heavy atom. The number of fused-ring (bicyclic) bond motifs is 2. The van der Waals surface area contributed by atoms with E-state index in [2.05, 4.69) is 39.9 Å². The second-order valence-corrected chi connectivity index (χ2v) is 18.4. The Morgan fingerprint density at radius 3 is 2.22 bits per heavy atom. The van der Waals surface area contributed by atoms with E-state index in [4.69, 9.17) is 14.2 Å². The zero-order chi connectivity index (χ0) is 33.7. The molecule has 6 rings (SSSR count). The molecule has 0 heterocycles. The average Bonchev–Trinajstić information content (AvgIpc) is 3.56. The lowest BCUT2D eigenvalue weighted by molar-refractivity contribution is -0.186. The van der Waals surface area contributed by atoms with E-state index >= 15 is 0 Å². The van der Waals surface area contributed by atoms with Gasteiger partial charge >= 0.3 is 12.1 Å². The van der Waals surface area contributed by atoms with E-state index in [0.717, 1.165) is 51.4 Å². The number of esters is 1. The van der Waals surface area contributed by atoms with Gasteiger partial charge in [-0.25, -0.2) is 4.79 Å². The highest BCUT2D eigenvalue weighted by Gasteiger charge is 2.83. The van der Waals surface area contributed by atoms with Crippen LogP contribution in [-0.4, -0.2) is 65.4 Å². The first-order valence-corrected chi connectivity index (χ1v) is 18.4. The van der Waals surface area contributed by atoms with Gasteiger partial charge in [0.25, 0.3) is 0 Å². The molecule has 6 fully saturated rings.